The number of carbonyl (C=O) groups excluding carboxylic acids is 2. The van der Waals surface area contributed by atoms with Crippen molar-refractivity contribution in [3.8, 4) is 0 Å². The number of pyridine rings is 2. The molecule has 3 aromatic heterocycles. The minimum absolute atomic E-state index is 0.160. The van der Waals surface area contributed by atoms with Crippen LogP contribution in [-0.2, 0) is 0 Å². The summed E-state index contributed by atoms with van der Waals surface area (Å²) in [4.78, 5) is 34.0. The molecule has 1 aliphatic rings. The molecule has 10 heteroatoms. The highest BCUT2D eigenvalue weighted by molar-refractivity contribution is 9.11. The molecule has 1 aliphatic carbocycles. The van der Waals surface area contributed by atoms with Crippen LogP contribution in [0.4, 0.5) is 0 Å². The summed E-state index contributed by atoms with van der Waals surface area (Å²) in [6.45, 7) is 0. The van der Waals surface area contributed by atoms with Crippen LogP contribution in [-0.4, -0.2) is 44.1 Å². The average Bonchev–Trinajstić information content (AvgIpc) is 3.15. The number of rotatable bonds is 4. The van der Waals surface area contributed by atoms with Crippen molar-refractivity contribution >= 4 is 54.6 Å². The van der Waals surface area contributed by atoms with Crippen LogP contribution >= 0.6 is 31.9 Å². The molecule has 2 amide bonds. The zero-order valence-electron chi connectivity index (χ0n) is 15.3. The molecule has 0 bridgehead atoms. The van der Waals surface area contributed by atoms with Crippen molar-refractivity contribution in [3.05, 3.63) is 51.1 Å². The average molecular weight is 522 g/mol. The second-order valence-electron chi connectivity index (χ2n) is 6.93. The fourth-order valence-corrected chi connectivity index (χ4v) is 4.33. The van der Waals surface area contributed by atoms with Gasteiger partial charge in [-0.1, -0.05) is 12.8 Å². The minimum atomic E-state index is -0.260. The Kier molecular flexibility index (Phi) is 5.91. The van der Waals surface area contributed by atoms with E-state index in [0.717, 1.165) is 35.5 Å². The SMILES string of the molecule is O=C(N[C@@H]1CCCC[C@H]1NC(=O)c1[nH]ncc1Br)c1ccc2cncc(Br)c2n1. The van der Waals surface area contributed by atoms with Crippen LogP contribution in [0.25, 0.3) is 10.9 Å². The molecular formula is C19H18Br2N6O2. The first kappa shape index (κ1) is 20.0. The fraction of sp³-hybridized carbons (Fsp3) is 0.316. The Balaban J connectivity index is 1.49. The Morgan fingerprint density at radius 1 is 0.966 bits per heavy atom. The number of nitrogens with one attached hydrogen (secondary N) is 3. The summed E-state index contributed by atoms with van der Waals surface area (Å²) in [7, 11) is 0. The molecule has 29 heavy (non-hydrogen) atoms. The van der Waals surface area contributed by atoms with Gasteiger partial charge >= 0.3 is 0 Å². The van der Waals surface area contributed by atoms with Crippen LogP contribution in [0.3, 0.4) is 0 Å². The monoisotopic (exact) mass is 520 g/mol. The van der Waals surface area contributed by atoms with Gasteiger partial charge in [0.2, 0.25) is 0 Å². The van der Waals surface area contributed by atoms with Gasteiger partial charge < -0.3 is 10.6 Å². The minimum Gasteiger partial charge on any atom is -0.346 e. The zero-order valence-corrected chi connectivity index (χ0v) is 18.5. The van der Waals surface area contributed by atoms with Gasteiger partial charge in [0.15, 0.2) is 0 Å². The summed E-state index contributed by atoms with van der Waals surface area (Å²) in [6, 6.07) is 3.18. The van der Waals surface area contributed by atoms with Crippen LogP contribution < -0.4 is 10.6 Å². The first-order valence-corrected chi connectivity index (χ1v) is 10.8. The largest absolute Gasteiger partial charge is 0.346 e. The summed E-state index contributed by atoms with van der Waals surface area (Å²) in [5.74, 6) is -0.509. The first-order valence-electron chi connectivity index (χ1n) is 9.24. The van der Waals surface area contributed by atoms with E-state index in [9.17, 15) is 9.59 Å². The van der Waals surface area contributed by atoms with Gasteiger partial charge in [-0.25, -0.2) is 4.98 Å². The predicted molar refractivity (Wildman–Crippen MR) is 115 cm³/mol. The second-order valence-corrected chi connectivity index (χ2v) is 8.64. The van der Waals surface area contributed by atoms with E-state index in [2.05, 4.69) is 62.7 Å². The number of hydrogen-bond acceptors (Lipinski definition) is 5. The molecule has 0 aliphatic heterocycles. The van der Waals surface area contributed by atoms with Crippen LogP contribution in [0.15, 0.2) is 39.7 Å². The summed E-state index contributed by atoms with van der Waals surface area (Å²) in [5.41, 5.74) is 1.39. The summed E-state index contributed by atoms with van der Waals surface area (Å²) >= 11 is 6.73. The summed E-state index contributed by atoms with van der Waals surface area (Å²) in [6.07, 6.45) is 8.47. The molecule has 1 saturated carbocycles. The van der Waals surface area contributed by atoms with Crippen LogP contribution in [0, 0.1) is 0 Å². The lowest BCUT2D eigenvalue weighted by Crippen LogP contribution is -2.53. The van der Waals surface area contributed by atoms with E-state index >= 15 is 0 Å². The highest BCUT2D eigenvalue weighted by atomic mass is 79.9. The van der Waals surface area contributed by atoms with Crippen LogP contribution in [0.2, 0.25) is 0 Å². The fourth-order valence-electron chi connectivity index (χ4n) is 3.53. The maximum atomic E-state index is 12.8. The number of carbonyl (C=O) groups is 2. The van der Waals surface area contributed by atoms with Crippen LogP contribution in [0.1, 0.15) is 46.7 Å². The van der Waals surface area contributed by atoms with Gasteiger partial charge in [0.1, 0.15) is 11.4 Å². The van der Waals surface area contributed by atoms with Crippen molar-refractivity contribution < 1.29 is 9.59 Å². The zero-order chi connectivity index (χ0) is 20.4. The topological polar surface area (TPSA) is 113 Å². The molecule has 2 atom stereocenters. The Morgan fingerprint density at radius 2 is 1.69 bits per heavy atom. The Morgan fingerprint density at radius 3 is 2.38 bits per heavy atom. The Labute approximate surface area is 183 Å². The molecule has 8 nitrogen and oxygen atoms in total. The van der Waals surface area contributed by atoms with Crippen molar-refractivity contribution in [2.75, 3.05) is 0 Å². The summed E-state index contributed by atoms with van der Waals surface area (Å²) in [5, 5.41) is 13.5. The number of aromatic nitrogens is 4. The van der Waals surface area contributed by atoms with Crippen molar-refractivity contribution in [1.82, 2.24) is 30.8 Å². The van der Waals surface area contributed by atoms with E-state index in [4.69, 9.17) is 0 Å². The number of halogens is 2. The molecule has 0 saturated heterocycles. The highest BCUT2D eigenvalue weighted by Crippen LogP contribution is 2.22. The summed E-state index contributed by atoms with van der Waals surface area (Å²) < 4.78 is 1.34. The lowest BCUT2D eigenvalue weighted by Gasteiger charge is -2.32. The number of amides is 2. The van der Waals surface area contributed by atoms with Crippen molar-refractivity contribution in [3.63, 3.8) is 0 Å². The van der Waals surface area contributed by atoms with Crippen molar-refractivity contribution in [2.24, 2.45) is 0 Å². The number of hydrogen-bond donors (Lipinski definition) is 3. The number of fused-ring (bicyclic) bond motifs is 1. The molecule has 150 valence electrons. The van der Waals surface area contributed by atoms with Crippen molar-refractivity contribution in [2.45, 2.75) is 37.8 Å². The van der Waals surface area contributed by atoms with Crippen molar-refractivity contribution in [1.29, 1.82) is 0 Å². The lowest BCUT2D eigenvalue weighted by molar-refractivity contribution is 0.0857. The second kappa shape index (κ2) is 8.58. The number of aromatic amines is 1. The standard InChI is InChI=1S/C19H18Br2N6O2/c20-11-8-22-7-10-5-6-15(24-16(10)11)18(28)25-13-3-1-2-4-14(13)26-19(29)17-12(21)9-23-27-17/h5-9,13-14H,1-4H2,(H,23,27)(H,25,28)(H,26,29)/t13-,14-/m1/s1. The molecule has 4 rings (SSSR count). The molecule has 3 aromatic rings. The molecule has 3 N–H and O–H groups in total. The maximum Gasteiger partial charge on any atom is 0.270 e. The van der Waals surface area contributed by atoms with Crippen LogP contribution in [0.5, 0.6) is 0 Å². The number of H-pyrrole nitrogens is 1. The maximum absolute atomic E-state index is 12.8. The molecule has 1 fully saturated rings. The van der Waals surface area contributed by atoms with E-state index in [-0.39, 0.29) is 23.9 Å². The Hall–Kier alpha value is -2.33. The van der Waals surface area contributed by atoms with E-state index in [1.807, 2.05) is 6.07 Å². The molecule has 0 spiro atoms. The van der Waals surface area contributed by atoms with E-state index in [0.29, 0.717) is 21.4 Å². The smallest absolute Gasteiger partial charge is 0.270 e. The highest BCUT2D eigenvalue weighted by Gasteiger charge is 2.29. The molecule has 0 aromatic carbocycles. The molecule has 0 radical (unpaired) electrons. The van der Waals surface area contributed by atoms with Gasteiger partial charge in [0.25, 0.3) is 11.8 Å². The normalized spacial score (nSPS) is 19.1. The molecule has 0 unspecified atom stereocenters. The predicted octanol–water partition coefficient (Wildman–Crippen LogP) is 3.35. The van der Waals surface area contributed by atoms with E-state index < -0.39 is 0 Å². The van der Waals surface area contributed by atoms with Gasteiger partial charge in [0, 0.05) is 29.9 Å². The first-order chi connectivity index (χ1) is 14.0. The third kappa shape index (κ3) is 4.32. The third-order valence-corrected chi connectivity index (χ3v) is 6.19. The quantitative estimate of drug-likeness (QED) is 0.487. The third-order valence-electron chi connectivity index (χ3n) is 5.01. The van der Waals surface area contributed by atoms with Gasteiger partial charge in [-0.3, -0.25) is 19.7 Å². The Bertz CT molecular complexity index is 1070. The lowest BCUT2D eigenvalue weighted by atomic mass is 9.90. The van der Waals surface area contributed by atoms with Gasteiger partial charge in [-0.15, -0.1) is 0 Å². The van der Waals surface area contributed by atoms with Gasteiger partial charge in [-0.2, -0.15) is 5.10 Å². The van der Waals surface area contributed by atoms with Gasteiger partial charge in [0.05, 0.1) is 20.7 Å². The van der Waals surface area contributed by atoms with E-state index in [1.54, 1.807) is 18.5 Å². The van der Waals surface area contributed by atoms with Gasteiger partial charge in [-0.05, 0) is 56.8 Å². The molecule has 3 heterocycles. The number of nitrogens with zero attached hydrogens (tertiary/aromatic N) is 3. The van der Waals surface area contributed by atoms with E-state index in [1.165, 1.54) is 6.20 Å². The molecular weight excluding hydrogens is 504 g/mol.